The molecule has 8 heteroatoms. The number of hydrogen-bond acceptors (Lipinski definition) is 4. The largest absolute Gasteiger partial charge is 0.493 e. The summed E-state index contributed by atoms with van der Waals surface area (Å²) in [4.78, 5) is 26.8. The minimum absolute atomic E-state index is 0.0541. The number of nitrogens with one attached hydrogen (secondary N) is 2. The molecule has 0 radical (unpaired) electrons. The van der Waals surface area contributed by atoms with Crippen molar-refractivity contribution in [2.75, 3.05) is 5.32 Å². The topological polar surface area (TPSA) is 107 Å². The van der Waals surface area contributed by atoms with Crippen molar-refractivity contribution in [3.8, 4) is 5.88 Å². The van der Waals surface area contributed by atoms with Crippen molar-refractivity contribution in [3.63, 3.8) is 0 Å². The summed E-state index contributed by atoms with van der Waals surface area (Å²) in [6.07, 6.45) is 2.25. The number of halogens is 1. The maximum Gasteiger partial charge on any atom is 0.295 e. The van der Waals surface area contributed by atoms with E-state index in [1.165, 1.54) is 0 Å². The molecular formula is C20H19BrN4O3. The van der Waals surface area contributed by atoms with Gasteiger partial charge in [0.2, 0.25) is 11.8 Å². The molecule has 2 aromatic carbocycles. The number of carbonyl (C=O) groups excluding carboxylic acids is 2. The molecule has 0 aliphatic heterocycles. The zero-order valence-electron chi connectivity index (χ0n) is 15.2. The predicted molar refractivity (Wildman–Crippen MR) is 111 cm³/mol. The van der Waals surface area contributed by atoms with Crippen molar-refractivity contribution < 1.29 is 14.7 Å². The quantitative estimate of drug-likeness (QED) is 0.426. The third kappa shape index (κ3) is 4.64. The molecule has 0 aliphatic carbocycles. The lowest BCUT2D eigenvalue weighted by Gasteiger charge is -2.04. The van der Waals surface area contributed by atoms with Crippen LogP contribution in [0, 0.1) is 0 Å². The van der Waals surface area contributed by atoms with Gasteiger partial charge in [-0.2, -0.15) is 0 Å². The number of carbonyl (C=O) groups is 2. The standard InChI is InChI=1S/C20H19BrN4O3/c1-2-3-4-17(26)22-14-8-5-12(6-9-14)19(27)25-24-18-15-11-13(21)7-10-16(15)23-20(18)28/h5-11,23,28H,2-4H2,1H3,(H,22,26). The van der Waals surface area contributed by atoms with Crippen LogP contribution in [0.15, 0.2) is 57.2 Å². The summed E-state index contributed by atoms with van der Waals surface area (Å²) in [6, 6.07) is 11.8. The van der Waals surface area contributed by atoms with E-state index in [0.717, 1.165) is 17.3 Å². The summed E-state index contributed by atoms with van der Waals surface area (Å²) in [6.45, 7) is 2.02. The Morgan fingerprint density at radius 2 is 1.93 bits per heavy atom. The Bertz CT molecular complexity index is 1040. The van der Waals surface area contributed by atoms with Gasteiger partial charge in [0.05, 0.1) is 5.52 Å². The van der Waals surface area contributed by atoms with Crippen LogP contribution in [-0.4, -0.2) is 21.9 Å². The molecule has 2 amide bonds. The van der Waals surface area contributed by atoms with Crippen molar-refractivity contribution in [1.82, 2.24) is 4.98 Å². The van der Waals surface area contributed by atoms with Crippen molar-refractivity contribution in [3.05, 3.63) is 52.5 Å². The fraction of sp³-hybridized carbons (Fsp3) is 0.200. The zero-order valence-corrected chi connectivity index (χ0v) is 16.8. The predicted octanol–water partition coefficient (Wildman–Crippen LogP) is 5.69. The molecule has 3 N–H and O–H groups in total. The van der Waals surface area contributed by atoms with Gasteiger partial charge in [0.15, 0.2) is 5.69 Å². The van der Waals surface area contributed by atoms with E-state index in [1.54, 1.807) is 36.4 Å². The average Bonchev–Trinajstić information content (AvgIpc) is 2.99. The Balaban J connectivity index is 1.72. The van der Waals surface area contributed by atoms with Crippen LogP contribution in [0.25, 0.3) is 10.9 Å². The Labute approximate surface area is 170 Å². The monoisotopic (exact) mass is 442 g/mol. The molecule has 0 fully saturated rings. The highest BCUT2D eigenvalue weighted by Crippen LogP contribution is 2.36. The fourth-order valence-electron chi connectivity index (χ4n) is 2.65. The summed E-state index contributed by atoms with van der Waals surface area (Å²) < 4.78 is 0.818. The van der Waals surface area contributed by atoms with Gasteiger partial charge in [0, 0.05) is 27.5 Å². The number of nitrogens with zero attached hydrogens (tertiary/aromatic N) is 2. The highest BCUT2D eigenvalue weighted by molar-refractivity contribution is 9.10. The first-order valence-electron chi connectivity index (χ1n) is 8.84. The smallest absolute Gasteiger partial charge is 0.295 e. The lowest BCUT2D eigenvalue weighted by atomic mass is 10.2. The molecule has 0 bridgehead atoms. The molecule has 0 aliphatic rings. The highest BCUT2D eigenvalue weighted by atomic mass is 79.9. The Kier molecular flexibility index (Phi) is 6.20. The van der Waals surface area contributed by atoms with Crippen molar-refractivity contribution in [2.45, 2.75) is 26.2 Å². The van der Waals surface area contributed by atoms with E-state index in [2.05, 4.69) is 36.5 Å². The molecule has 0 saturated heterocycles. The van der Waals surface area contributed by atoms with E-state index in [-0.39, 0.29) is 17.5 Å². The molecular weight excluding hydrogens is 424 g/mol. The number of H-pyrrole nitrogens is 1. The Morgan fingerprint density at radius 1 is 1.18 bits per heavy atom. The third-order valence-corrected chi connectivity index (χ3v) is 4.62. The lowest BCUT2D eigenvalue weighted by Crippen LogP contribution is -2.10. The van der Waals surface area contributed by atoms with Gasteiger partial charge in [-0.05, 0) is 48.9 Å². The van der Waals surface area contributed by atoms with Gasteiger partial charge in [0.1, 0.15) is 0 Å². The van der Waals surface area contributed by atoms with Crippen LogP contribution >= 0.6 is 15.9 Å². The van der Waals surface area contributed by atoms with Crippen molar-refractivity contribution in [1.29, 1.82) is 0 Å². The summed E-state index contributed by atoms with van der Waals surface area (Å²) >= 11 is 3.37. The van der Waals surface area contributed by atoms with E-state index in [4.69, 9.17) is 0 Å². The van der Waals surface area contributed by atoms with E-state index >= 15 is 0 Å². The minimum atomic E-state index is -0.549. The van der Waals surface area contributed by atoms with Crippen LogP contribution in [0.4, 0.5) is 11.4 Å². The van der Waals surface area contributed by atoms with Gasteiger partial charge >= 0.3 is 0 Å². The zero-order chi connectivity index (χ0) is 20.1. The lowest BCUT2D eigenvalue weighted by molar-refractivity contribution is -0.116. The molecule has 1 aromatic heterocycles. The van der Waals surface area contributed by atoms with E-state index in [1.807, 2.05) is 13.0 Å². The van der Waals surface area contributed by atoms with Crippen LogP contribution in [-0.2, 0) is 4.79 Å². The van der Waals surface area contributed by atoms with E-state index in [9.17, 15) is 14.7 Å². The number of aromatic hydroxyl groups is 1. The van der Waals surface area contributed by atoms with Crippen LogP contribution in [0.2, 0.25) is 0 Å². The first-order valence-corrected chi connectivity index (χ1v) is 9.63. The van der Waals surface area contributed by atoms with Crippen LogP contribution in [0.1, 0.15) is 36.5 Å². The number of unbranched alkanes of at least 4 members (excludes halogenated alkanes) is 1. The molecule has 3 aromatic rings. The molecule has 0 spiro atoms. The molecule has 1 heterocycles. The first-order chi connectivity index (χ1) is 13.5. The Hall–Kier alpha value is -3.00. The van der Waals surface area contributed by atoms with E-state index < -0.39 is 5.91 Å². The Morgan fingerprint density at radius 3 is 2.64 bits per heavy atom. The van der Waals surface area contributed by atoms with Gasteiger partial charge in [-0.3, -0.25) is 9.59 Å². The third-order valence-electron chi connectivity index (χ3n) is 4.13. The van der Waals surface area contributed by atoms with Crippen molar-refractivity contribution in [2.24, 2.45) is 10.2 Å². The van der Waals surface area contributed by atoms with Gasteiger partial charge in [-0.1, -0.05) is 29.3 Å². The number of fused-ring (bicyclic) bond motifs is 1. The van der Waals surface area contributed by atoms with Gasteiger partial charge < -0.3 is 15.4 Å². The number of benzene rings is 2. The normalized spacial score (nSPS) is 11.2. The number of amides is 2. The second-order valence-corrected chi connectivity index (χ2v) is 7.16. The summed E-state index contributed by atoms with van der Waals surface area (Å²) in [5, 5.41) is 21.1. The molecule has 0 atom stereocenters. The molecule has 0 unspecified atom stereocenters. The van der Waals surface area contributed by atoms with Crippen molar-refractivity contribution >= 4 is 50.0 Å². The number of rotatable bonds is 6. The molecule has 7 nitrogen and oxygen atoms in total. The number of anilines is 1. The van der Waals surface area contributed by atoms with Gasteiger partial charge in [-0.15, -0.1) is 10.2 Å². The minimum Gasteiger partial charge on any atom is -0.493 e. The molecule has 0 saturated carbocycles. The van der Waals surface area contributed by atoms with Crippen LogP contribution < -0.4 is 5.32 Å². The summed E-state index contributed by atoms with van der Waals surface area (Å²) in [7, 11) is 0. The maximum atomic E-state index is 12.3. The van der Waals surface area contributed by atoms with Gasteiger partial charge in [0.25, 0.3) is 5.91 Å². The number of aromatic nitrogens is 1. The van der Waals surface area contributed by atoms with Crippen LogP contribution in [0.5, 0.6) is 5.88 Å². The van der Waals surface area contributed by atoms with E-state index in [0.29, 0.717) is 28.6 Å². The number of aromatic amines is 1. The van der Waals surface area contributed by atoms with Crippen LogP contribution in [0.3, 0.4) is 0 Å². The summed E-state index contributed by atoms with van der Waals surface area (Å²) in [5.41, 5.74) is 1.83. The first kappa shape index (κ1) is 19.8. The maximum absolute atomic E-state index is 12.3. The average molecular weight is 443 g/mol. The molecule has 3 rings (SSSR count). The second-order valence-electron chi connectivity index (χ2n) is 6.25. The number of hydrogen-bond donors (Lipinski definition) is 3. The van der Waals surface area contributed by atoms with Gasteiger partial charge in [-0.25, -0.2) is 0 Å². The highest BCUT2D eigenvalue weighted by Gasteiger charge is 2.12. The number of azo groups is 1. The molecule has 28 heavy (non-hydrogen) atoms. The fourth-order valence-corrected chi connectivity index (χ4v) is 3.01. The SMILES string of the molecule is CCCCC(=O)Nc1ccc(C(=O)N=Nc2c(O)[nH]c3ccc(Br)cc23)cc1. The molecule has 144 valence electrons. The second kappa shape index (κ2) is 8.79. The summed E-state index contributed by atoms with van der Waals surface area (Å²) in [5.74, 6) is -0.760.